The number of nitrogens with zero attached hydrogens (tertiary/aromatic N) is 2. The van der Waals surface area contributed by atoms with Gasteiger partial charge in [-0.25, -0.2) is 4.68 Å². The Morgan fingerprint density at radius 2 is 2.00 bits per heavy atom. The van der Waals surface area contributed by atoms with Crippen molar-refractivity contribution in [1.29, 1.82) is 0 Å². The minimum atomic E-state index is -0.0506. The average molecular weight is 271 g/mol. The van der Waals surface area contributed by atoms with Gasteiger partial charge in [0.05, 0.1) is 23.1 Å². The Kier molecular flexibility index (Phi) is 4.56. The second-order valence-corrected chi connectivity index (χ2v) is 5.33. The fourth-order valence-corrected chi connectivity index (χ4v) is 2.03. The van der Waals surface area contributed by atoms with Crippen molar-refractivity contribution in [3.05, 3.63) is 47.8 Å². The summed E-state index contributed by atoms with van der Waals surface area (Å²) < 4.78 is 1.79. The molecule has 0 aliphatic heterocycles. The van der Waals surface area contributed by atoms with E-state index in [1.54, 1.807) is 10.9 Å². The second-order valence-electron chi connectivity index (χ2n) is 5.33. The Bertz CT molecular complexity index is 573. The predicted molar refractivity (Wildman–Crippen MR) is 80.1 cm³/mol. The summed E-state index contributed by atoms with van der Waals surface area (Å²) in [5.41, 5.74) is 2.46. The van der Waals surface area contributed by atoms with Crippen LogP contribution >= 0.6 is 0 Å². The van der Waals surface area contributed by atoms with Gasteiger partial charge in [-0.05, 0) is 31.4 Å². The molecule has 4 nitrogen and oxygen atoms in total. The molecule has 0 bridgehead atoms. The summed E-state index contributed by atoms with van der Waals surface area (Å²) in [7, 11) is 0. The number of carbonyl (C=O) groups excluding carboxylic acids is 1. The van der Waals surface area contributed by atoms with Crippen molar-refractivity contribution < 1.29 is 4.79 Å². The van der Waals surface area contributed by atoms with Gasteiger partial charge in [-0.15, -0.1) is 0 Å². The molecule has 20 heavy (non-hydrogen) atoms. The van der Waals surface area contributed by atoms with Gasteiger partial charge in [0, 0.05) is 6.54 Å². The maximum absolute atomic E-state index is 12.1. The zero-order chi connectivity index (χ0) is 14.5. The first kappa shape index (κ1) is 14.3. The molecule has 2 aromatic rings. The maximum Gasteiger partial charge on any atom is 0.254 e. The number of benzene rings is 1. The van der Waals surface area contributed by atoms with Crippen LogP contribution in [0.2, 0.25) is 0 Å². The summed E-state index contributed by atoms with van der Waals surface area (Å²) in [5.74, 6) is 0.536. The molecule has 1 N–H and O–H groups in total. The van der Waals surface area contributed by atoms with E-state index in [0.717, 1.165) is 17.8 Å². The summed E-state index contributed by atoms with van der Waals surface area (Å²) in [5, 5.41) is 7.25. The van der Waals surface area contributed by atoms with Gasteiger partial charge in [-0.3, -0.25) is 4.79 Å². The zero-order valence-corrected chi connectivity index (χ0v) is 12.3. The van der Waals surface area contributed by atoms with Crippen molar-refractivity contribution in [2.24, 2.45) is 5.92 Å². The third kappa shape index (κ3) is 3.26. The van der Waals surface area contributed by atoms with Gasteiger partial charge in [0.2, 0.25) is 0 Å². The van der Waals surface area contributed by atoms with Crippen molar-refractivity contribution in [2.75, 3.05) is 6.54 Å². The van der Waals surface area contributed by atoms with Gasteiger partial charge >= 0.3 is 0 Å². The fraction of sp³-hybridized carbons (Fsp3) is 0.375. The van der Waals surface area contributed by atoms with Crippen molar-refractivity contribution in [3.8, 4) is 5.69 Å². The minimum Gasteiger partial charge on any atom is -0.352 e. The Morgan fingerprint density at radius 1 is 1.30 bits per heavy atom. The van der Waals surface area contributed by atoms with Gasteiger partial charge in [-0.1, -0.05) is 32.0 Å². The number of para-hydroxylation sites is 1. The van der Waals surface area contributed by atoms with Crippen LogP contribution in [0.3, 0.4) is 0 Å². The van der Waals surface area contributed by atoms with E-state index in [0.29, 0.717) is 18.0 Å². The number of hydrogen-bond acceptors (Lipinski definition) is 2. The normalized spacial score (nSPS) is 10.8. The monoisotopic (exact) mass is 271 g/mol. The minimum absolute atomic E-state index is 0.0506. The van der Waals surface area contributed by atoms with E-state index in [2.05, 4.69) is 24.3 Å². The van der Waals surface area contributed by atoms with Crippen LogP contribution in [0.15, 0.2) is 36.5 Å². The van der Waals surface area contributed by atoms with Crippen molar-refractivity contribution in [2.45, 2.75) is 27.2 Å². The van der Waals surface area contributed by atoms with Crippen LogP contribution in [0.4, 0.5) is 0 Å². The van der Waals surface area contributed by atoms with Crippen LogP contribution in [0.1, 0.15) is 36.3 Å². The number of amides is 1. The van der Waals surface area contributed by atoms with Gasteiger partial charge in [-0.2, -0.15) is 5.10 Å². The van der Waals surface area contributed by atoms with Gasteiger partial charge in [0.15, 0.2) is 0 Å². The van der Waals surface area contributed by atoms with Gasteiger partial charge in [0.25, 0.3) is 5.91 Å². The molecule has 0 aliphatic carbocycles. The number of aromatic nitrogens is 2. The van der Waals surface area contributed by atoms with Crippen LogP contribution in [-0.4, -0.2) is 22.2 Å². The first-order valence-electron chi connectivity index (χ1n) is 6.98. The largest absolute Gasteiger partial charge is 0.352 e. The van der Waals surface area contributed by atoms with Crippen molar-refractivity contribution in [1.82, 2.24) is 15.1 Å². The maximum atomic E-state index is 12.1. The molecule has 1 amide bonds. The molecule has 1 aromatic heterocycles. The van der Waals surface area contributed by atoms with Crippen LogP contribution in [0.5, 0.6) is 0 Å². The molecule has 1 heterocycles. The molecule has 0 aliphatic rings. The highest BCUT2D eigenvalue weighted by atomic mass is 16.1. The third-order valence-corrected chi connectivity index (χ3v) is 3.26. The summed E-state index contributed by atoms with van der Waals surface area (Å²) >= 11 is 0. The van der Waals surface area contributed by atoms with E-state index < -0.39 is 0 Å². The average Bonchev–Trinajstić information content (AvgIpc) is 2.81. The van der Waals surface area contributed by atoms with E-state index in [1.807, 2.05) is 37.3 Å². The smallest absolute Gasteiger partial charge is 0.254 e. The Balaban J connectivity index is 2.11. The molecular formula is C16H21N3O. The molecule has 0 saturated heterocycles. The topological polar surface area (TPSA) is 46.9 Å². The summed E-state index contributed by atoms with van der Waals surface area (Å²) in [6.07, 6.45) is 2.62. The first-order valence-corrected chi connectivity index (χ1v) is 6.98. The molecule has 0 spiro atoms. The number of hydrogen-bond donors (Lipinski definition) is 1. The highest BCUT2D eigenvalue weighted by Gasteiger charge is 2.14. The molecule has 0 atom stereocenters. The van der Waals surface area contributed by atoms with Crippen LogP contribution in [-0.2, 0) is 0 Å². The van der Waals surface area contributed by atoms with E-state index in [4.69, 9.17) is 0 Å². The molecule has 0 radical (unpaired) electrons. The third-order valence-electron chi connectivity index (χ3n) is 3.26. The highest BCUT2D eigenvalue weighted by molar-refractivity contribution is 5.95. The summed E-state index contributed by atoms with van der Waals surface area (Å²) in [4.78, 5) is 12.1. The fourth-order valence-electron chi connectivity index (χ4n) is 2.03. The van der Waals surface area contributed by atoms with E-state index >= 15 is 0 Å². The Morgan fingerprint density at radius 3 is 2.65 bits per heavy atom. The van der Waals surface area contributed by atoms with Crippen LogP contribution in [0, 0.1) is 12.8 Å². The van der Waals surface area contributed by atoms with Crippen molar-refractivity contribution in [3.63, 3.8) is 0 Å². The highest BCUT2D eigenvalue weighted by Crippen LogP contribution is 2.13. The molecular weight excluding hydrogens is 250 g/mol. The molecule has 106 valence electrons. The Hall–Kier alpha value is -2.10. The quantitative estimate of drug-likeness (QED) is 0.908. The lowest BCUT2D eigenvalue weighted by atomic mass is 10.1. The molecule has 0 unspecified atom stereocenters. The molecule has 0 saturated carbocycles. The SMILES string of the molecule is Cc1c(C(=O)NCCC(C)C)cnn1-c1ccccc1. The lowest BCUT2D eigenvalue weighted by Crippen LogP contribution is -2.25. The van der Waals surface area contributed by atoms with Gasteiger partial charge < -0.3 is 5.32 Å². The molecule has 2 rings (SSSR count). The summed E-state index contributed by atoms with van der Waals surface area (Å²) in [6, 6.07) is 9.82. The summed E-state index contributed by atoms with van der Waals surface area (Å²) in [6.45, 7) is 6.90. The lowest BCUT2D eigenvalue weighted by Gasteiger charge is -2.07. The van der Waals surface area contributed by atoms with Crippen LogP contribution in [0.25, 0.3) is 5.69 Å². The van der Waals surface area contributed by atoms with Crippen molar-refractivity contribution >= 4 is 5.91 Å². The Labute approximate surface area is 119 Å². The second kappa shape index (κ2) is 6.37. The number of rotatable bonds is 5. The first-order chi connectivity index (χ1) is 9.59. The number of nitrogens with one attached hydrogen (secondary N) is 1. The van der Waals surface area contributed by atoms with E-state index in [-0.39, 0.29) is 5.91 Å². The standard InChI is InChI=1S/C16H21N3O/c1-12(2)9-10-17-16(20)15-11-18-19(13(15)3)14-7-5-4-6-8-14/h4-8,11-12H,9-10H2,1-3H3,(H,17,20). The van der Waals surface area contributed by atoms with E-state index in [9.17, 15) is 4.79 Å². The van der Waals surface area contributed by atoms with E-state index in [1.165, 1.54) is 0 Å². The zero-order valence-electron chi connectivity index (χ0n) is 12.3. The van der Waals surface area contributed by atoms with Gasteiger partial charge in [0.1, 0.15) is 0 Å². The lowest BCUT2D eigenvalue weighted by molar-refractivity contribution is 0.0951. The molecule has 0 fully saturated rings. The molecule has 4 heteroatoms. The molecule has 1 aromatic carbocycles. The predicted octanol–water partition coefficient (Wildman–Crippen LogP) is 2.96. The van der Waals surface area contributed by atoms with Crippen LogP contribution < -0.4 is 5.32 Å². The number of carbonyl (C=O) groups is 1.